The van der Waals surface area contributed by atoms with E-state index in [-0.39, 0.29) is 11.7 Å². The first-order chi connectivity index (χ1) is 12.6. The minimum atomic E-state index is -0.329. The second kappa shape index (κ2) is 6.87. The highest BCUT2D eigenvalue weighted by Gasteiger charge is 2.24. The summed E-state index contributed by atoms with van der Waals surface area (Å²) in [5.74, 6) is 0.956. The molecule has 3 aromatic rings. The molecule has 1 aromatic heterocycles. The fourth-order valence-corrected chi connectivity index (χ4v) is 4.14. The number of fused-ring (bicyclic) bond motifs is 1. The van der Waals surface area contributed by atoms with Gasteiger partial charge in [0.05, 0.1) is 5.69 Å². The zero-order valence-electron chi connectivity index (χ0n) is 14.9. The molecule has 1 saturated carbocycles. The molecule has 26 heavy (non-hydrogen) atoms. The van der Waals surface area contributed by atoms with Crippen molar-refractivity contribution in [3.63, 3.8) is 0 Å². The van der Waals surface area contributed by atoms with Crippen LogP contribution < -0.4 is 4.74 Å². The summed E-state index contributed by atoms with van der Waals surface area (Å²) in [5, 5.41) is 11.5. The third-order valence-corrected chi connectivity index (χ3v) is 5.26. The molecular formula is C22H23NO3. The van der Waals surface area contributed by atoms with Crippen LogP contribution in [-0.4, -0.2) is 16.1 Å². The Balaban J connectivity index is 1.90. The number of carbonyl (C=O) groups excluding carboxylic acids is 1. The number of phenolic OH excluding ortho intramolecular Hbond substituents is 1. The highest BCUT2D eigenvalue weighted by Crippen LogP contribution is 2.44. The molecule has 4 heteroatoms. The Hall–Kier alpha value is -2.75. The molecule has 1 aliphatic carbocycles. The molecule has 0 radical (unpaired) electrons. The van der Waals surface area contributed by atoms with Crippen molar-refractivity contribution in [2.45, 2.75) is 44.9 Å². The summed E-state index contributed by atoms with van der Waals surface area (Å²) in [7, 11) is 0. The van der Waals surface area contributed by atoms with Crippen LogP contribution in [0.1, 0.15) is 50.5 Å². The number of hydrogen-bond donors (Lipinski definition) is 2. The van der Waals surface area contributed by atoms with Gasteiger partial charge < -0.3 is 14.8 Å². The van der Waals surface area contributed by atoms with Crippen molar-refractivity contribution in [3.8, 4) is 22.8 Å². The van der Waals surface area contributed by atoms with E-state index < -0.39 is 0 Å². The normalized spacial score (nSPS) is 15.3. The molecule has 0 spiro atoms. The van der Waals surface area contributed by atoms with Crippen LogP contribution in [0, 0.1) is 0 Å². The molecule has 4 nitrogen and oxygen atoms in total. The summed E-state index contributed by atoms with van der Waals surface area (Å²) < 4.78 is 5.24. The van der Waals surface area contributed by atoms with Crippen molar-refractivity contribution >= 4 is 16.9 Å². The van der Waals surface area contributed by atoms with Crippen LogP contribution >= 0.6 is 0 Å². The van der Waals surface area contributed by atoms with E-state index in [0.29, 0.717) is 11.7 Å². The highest BCUT2D eigenvalue weighted by molar-refractivity contribution is 5.93. The fraction of sp³-hybridized carbons (Fsp3) is 0.318. The van der Waals surface area contributed by atoms with Gasteiger partial charge in [-0.3, -0.25) is 4.79 Å². The van der Waals surface area contributed by atoms with E-state index in [1.807, 2.05) is 36.4 Å². The molecule has 4 rings (SSSR count). The second-order valence-corrected chi connectivity index (χ2v) is 7.07. The number of aromatic nitrogens is 1. The quantitative estimate of drug-likeness (QED) is 0.484. The molecule has 0 atom stereocenters. The Labute approximate surface area is 152 Å². The van der Waals surface area contributed by atoms with E-state index in [9.17, 15) is 9.90 Å². The van der Waals surface area contributed by atoms with Gasteiger partial charge in [-0.2, -0.15) is 0 Å². The molecular weight excluding hydrogens is 326 g/mol. The average molecular weight is 349 g/mol. The minimum absolute atomic E-state index is 0.274. The second-order valence-electron chi connectivity index (χ2n) is 7.07. The highest BCUT2D eigenvalue weighted by atomic mass is 16.5. The Morgan fingerprint density at radius 1 is 1.12 bits per heavy atom. The number of carbonyl (C=O) groups is 1. The molecule has 0 unspecified atom stereocenters. The maximum Gasteiger partial charge on any atom is 0.308 e. The Morgan fingerprint density at radius 2 is 1.88 bits per heavy atom. The first-order valence-electron chi connectivity index (χ1n) is 9.26. The SMILES string of the molecule is CC(=O)Oc1ccc2c(C3CCCCC3)c(-c3ccccc3O)[nH]c2c1. The number of nitrogens with one attached hydrogen (secondary N) is 1. The van der Waals surface area contributed by atoms with Gasteiger partial charge in [-0.1, -0.05) is 31.4 Å². The molecule has 1 aliphatic rings. The lowest BCUT2D eigenvalue weighted by molar-refractivity contribution is -0.131. The smallest absolute Gasteiger partial charge is 0.308 e. The van der Waals surface area contributed by atoms with Crippen molar-refractivity contribution in [3.05, 3.63) is 48.0 Å². The summed E-state index contributed by atoms with van der Waals surface area (Å²) in [6, 6.07) is 13.2. The number of H-pyrrole nitrogens is 1. The maximum absolute atomic E-state index is 11.3. The van der Waals surface area contributed by atoms with E-state index in [0.717, 1.165) is 22.2 Å². The Morgan fingerprint density at radius 3 is 2.62 bits per heavy atom. The van der Waals surface area contributed by atoms with E-state index in [1.54, 1.807) is 6.07 Å². The third-order valence-electron chi connectivity index (χ3n) is 5.26. The van der Waals surface area contributed by atoms with Gasteiger partial charge in [-0.05, 0) is 48.6 Å². The van der Waals surface area contributed by atoms with E-state index in [2.05, 4.69) is 4.98 Å². The minimum Gasteiger partial charge on any atom is -0.507 e. The zero-order valence-corrected chi connectivity index (χ0v) is 14.9. The number of aromatic amines is 1. The van der Waals surface area contributed by atoms with Crippen molar-refractivity contribution in [1.29, 1.82) is 0 Å². The van der Waals surface area contributed by atoms with Gasteiger partial charge in [0.15, 0.2) is 0 Å². The molecule has 1 heterocycles. The standard InChI is InChI=1S/C22H23NO3/c1-14(24)26-16-11-12-17-19(13-16)23-22(18-9-5-6-10-20(18)25)21(17)15-7-3-2-4-8-15/h5-6,9-13,15,23,25H,2-4,7-8H2,1H3. The Bertz CT molecular complexity index is 951. The summed E-state index contributed by atoms with van der Waals surface area (Å²) in [6.45, 7) is 1.40. The number of ether oxygens (including phenoxy) is 1. The maximum atomic E-state index is 11.3. The van der Waals surface area contributed by atoms with Gasteiger partial charge in [-0.25, -0.2) is 0 Å². The number of esters is 1. The topological polar surface area (TPSA) is 62.3 Å². The summed E-state index contributed by atoms with van der Waals surface area (Å²) in [5.41, 5.74) is 4.00. The van der Waals surface area contributed by atoms with Gasteiger partial charge in [-0.15, -0.1) is 0 Å². The predicted octanol–water partition coefficient (Wildman–Crippen LogP) is 5.51. The van der Waals surface area contributed by atoms with Gasteiger partial charge >= 0.3 is 5.97 Å². The van der Waals surface area contributed by atoms with E-state index in [1.165, 1.54) is 44.6 Å². The number of phenols is 1. The van der Waals surface area contributed by atoms with Crippen LogP contribution in [0.3, 0.4) is 0 Å². The molecule has 0 saturated heterocycles. The summed E-state index contributed by atoms with van der Waals surface area (Å²) in [6.07, 6.45) is 6.10. The van der Waals surface area contributed by atoms with Crippen LogP contribution in [0.25, 0.3) is 22.2 Å². The predicted molar refractivity (Wildman–Crippen MR) is 103 cm³/mol. The average Bonchev–Trinajstić information content (AvgIpc) is 3.00. The van der Waals surface area contributed by atoms with Crippen molar-refractivity contribution < 1.29 is 14.6 Å². The first-order valence-corrected chi connectivity index (χ1v) is 9.26. The van der Waals surface area contributed by atoms with Gasteiger partial charge in [0.25, 0.3) is 0 Å². The van der Waals surface area contributed by atoms with Crippen molar-refractivity contribution in [1.82, 2.24) is 4.98 Å². The van der Waals surface area contributed by atoms with Crippen LogP contribution in [0.4, 0.5) is 0 Å². The number of aromatic hydroxyl groups is 1. The van der Waals surface area contributed by atoms with Crippen LogP contribution in [0.5, 0.6) is 11.5 Å². The first kappa shape index (κ1) is 16.7. The van der Waals surface area contributed by atoms with Gasteiger partial charge in [0, 0.05) is 29.5 Å². The van der Waals surface area contributed by atoms with Gasteiger partial charge in [0.2, 0.25) is 0 Å². The largest absolute Gasteiger partial charge is 0.507 e. The lowest BCUT2D eigenvalue weighted by atomic mass is 9.82. The number of rotatable bonds is 3. The zero-order chi connectivity index (χ0) is 18.1. The molecule has 0 amide bonds. The molecule has 0 aliphatic heterocycles. The summed E-state index contributed by atoms with van der Waals surface area (Å²) in [4.78, 5) is 14.8. The van der Waals surface area contributed by atoms with Crippen LogP contribution in [-0.2, 0) is 4.79 Å². The van der Waals surface area contributed by atoms with Crippen LogP contribution in [0.2, 0.25) is 0 Å². The Kier molecular flexibility index (Phi) is 4.41. The number of benzene rings is 2. The molecule has 2 N–H and O–H groups in total. The monoisotopic (exact) mass is 349 g/mol. The summed E-state index contributed by atoms with van der Waals surface area (Å²) >= 11 is 0. The molecule has 1 fully saturated rings. The lowest BCUT2D eigenvalue weighted by Crippen LogP contribution is -2.05. The van der Waals surface area contributed by atoms with Crippen molar-refractivity contribution in [2.24, 2.45) is 0 Å². The molecule has 134 valence electrons. The number of hydrogen-bond acceptors (Lipinski definition) is 3. The third kappa shape index (κ3) is 3.07. The lowest BCUT2D eigenvalue weighted by Gasteiger charge is -2.23. The number of para-hydroxylation sites is 1. The van der Waals surface area contributed by atoms with E-state index >= 15 is 0 Å². The van der Waals surface area contributed by atoms with Gasteiger partial charge in [0.1, 0.15) is 11.5 Å². The fourth-order valence-electron chi connectivity index (χ4n) is 4.14. The molecule has 2 aromatic carbocycles. The van der Waals surface area contributed by atoms with E-state index in [4.69, 9.17) is 4.74 Å². The molecule has 0 bridgehead atoms. The van der Waals surface area contributed by atoms with Crippen LogP contribution in [0.15, 0.2) is 42.5 Å². The van der Waals surface area contributed by atoms with Crippen molar-refractivity contribution in [2.75, 3.05) is 0 Å².